The van der Waals surface area contributed by atoms with E-state index in [-0.39, 0.29) is 5.56 Å². The van der Waals surface area contributed by atoms with Crippen LogP contribution in [0.3, 0.4) is 0 Å². The van der Waals surface area contributed by atoms with Crippen LogP contribution in [0, 0.1) is 0 Å². The number of esters is 1. The topological polar surface area (TPSA) is 63.9 Å². The standard InChI is InChI=1S/C27H29N3O3S/c1-5-21-23(26(32)33-4)24(19-11-9-8-10-12-19)30-25(31)22(34-27(30)28-21)17-18-13-15-20(16-14-18)29(6-2)7-3/h8-17,24H,5-7H2,1-4H3/b22-17-/t24-/m1/s1. The molecular weight excluding hydrogens is 446 g/mol. The fourth-order valence-electron chi connectivity index (χ4n) is 4.34. The molecule has 2 heterocycles. The number of anilines is 1. The third-order valence-corrected chi connectivity index (χ3v) is 7.07. The van der Waals surface area contributed by atoms with Crippen LogP contribution in [-0.2, 0) is 9.53 Å². The fourth-order valence-corrected chi connectivity index (χ4v) is 5.36. The van der Waals surface area contributed by atoms with Crippen molar-refractivity contribution in [2.75, 3.05) is 25.1 Å². The normalized spacial score (nSPS) is 15.6. The van der Waals surface area contributed by atoms with Gasteiger partial charge in [-0.3, -0.25) is 9.36 Å². The minimum absolute atomic E-state index is 0.165. The molecule has 0 amide bonds. The fraction of sp³-hybridized carbons (Fsp3) is 0.296. The minimum Gasteiger partial charge on any atom is -0.466 e. The van der Waals surface area contributed by atoms with E-state index in [4.69, 9.17) is 9.73 Å². The largest absolute Gasteiger partial charge is 0.466 e. The van der Waals surface area contributed by atoms with Gasteiger partial charge in [-0.1, -0.05) is 60.7 Å². The number of aromatic nitrogens is 1. The van der Waals surface area contributed by atoms with E-state index in [2.05, 4.69) is 30.9 Å². The summed E-state index contributed by atoms with van der Waals surface area (Å²) in [6.45, 7) is 8.10. The van der Waals surface area contributed by atoms with E-state index in [1.54, 1.807) is 4.57 Å². The lowest BCUT2D eigenvalue weighted by Gasteiger charge is -2.25. The Morgan fingerprint density at radius 2 is 1.76 bits per heavy atom. The molecule has 0 spiro atoms. The van der Waals surface area contributed by atoms with Gasteiger partial charge in [0.1, 0.15) is 0 Å². The van der Waals surface area contributed by atoms with Crippen molar-refractivity contribution >= 4 is 29.1 Å². The molecule has 1 aliphatic heterocycles. The summed E-state index contributed by atoms with van der Waals surface area (Å²) < 4.78 is 7.31. The maximum atomic E-state index is 13.6. The number of carbonyl (C=O) groups excluding carboxylic acids is 1. The molecule has 1 aromatic heterocycles. The van der Waals surface area contributed by atoms with Gasteiger partial charge in [-0.25, -0.2) is 9.79 Å². The van der Waals surface area contributed by atoms with Gasteiger partial charge in [-0.05, 0) is 49.6 Å². The molecule has 2 aromatic carbocycles. The second-order valence-corrected chi connectivity index (χ2v) is 8.97. The van der Waals surface area contributed by atoms with E-state index in [9.17, 15) is 9.59 Å². The Morgan fingerprint density at radius 3 is 2.35 bits per heavy atom. The van der Waals surface area contributed by atoms with Gasteiger partial charge in [0.2, 0.25) is 0 Å². The maximum Gasteiger partial charge on any atom is 0.338 e. The van der Waals surface area contributed by atoms with Gasteiger partial charge >= 0.3 is 5.97 Å². The first-order chi connectivity index (χ1) is 16.5. The monoisotopic (exact) mass is 475 g/mol. The molecule has 1 aliphatic rings. The number of carbonyl (C=O) groups is 1. The predicted octanol–water partition coefficient (Wildman–Crippen LogP) is 3.64. The zero-order valence-electron chi connectivity index (χ0n) is 19.9. The van der Waals surface area contributed by atoms with Crippen molar-refractivity contribution in [1.29, 1.82) is 0 Å². The Bertz CT molecular complexity index is 1380. The molecule has 0 aliphatic carbocycles. The van der Waals surface area contributed by atoms with Gasteiger partial charge in [-0.15, -0.1) is 0 Å². The van der Waals surface area contributed by atoms with Gasteiger partial charge in [0.15, 0.2) is 4.80 Å². The molecule has 6 nitrogen and oxygen atoms in total. The SMILES string of the molecule is CCC1=C(C(=O)OC)[C@@H](c2ccccc2)n2c(s/c(=C\c3ccc(N(CC)CC)cc3)c2=O)=N1. The van der Waals surface area contributed by atoms with Crippen LogP contribution in [-0.4, -0.2) is 30.7 Å². The molecule has 3 aromatic rings. The van der Waals surface area contributed by atoms with E-state index in [0.717, 1.165) is 29.9 Å². The summed E-state index contributed by atoms with van der Waals surface area (Å²) in [6, 6.07) is 17.2. The van der Waals surface area contributed by atoms with Gasteiger partial charge in [0, 0.05) is 18.8 Å². The first kappa shape index (κ1) is 23.7. The van der Waals surface area contributed by atoms with Crippen LogP contribution in [0.1, 0.15) is 44.4 Å². The van der Waals surface area contributed by atoms with E-state index >= 15 is 0 Å². The molecule has 0 saturated carbocycles. The summed E-state index contributed by atoms with van der Waals surface area (Å²) in [7, 11) is 1.36. The quantitative estimate of drug-likeness (QED) is 0.490. The Balaban J connectivity index is 1.87. The van der Waals surface area contributed by atoms with Crippen molar-refractivity contribution in [3.8, 4) is 0 Å². The number of thiazole rings is 1. The molecule has 34 heavy (non-hydrogen) atoms. The summed E-state index contributed by atoms with van der Waals surface area (Å²) in [6.07, 6.45) is 2.46. The van der Waals surface area contributed by atoms with Crippen molar-refractivity contribution < 1.29 is 9.53 Å². The second kappa shape index (κ2) is 10.2. The van der Waals surface area contributed by atoms with E-state index in [0.29, 0.717) is 27.0 Å². The van der Waals surface area contributed by atoms with Crippen molar-refractivity contribution in [3.05, 3.63) is 96.7 Å². The van der Waals surface area contributed by atoms with Crippen molar-refractivity contribution in [2.45, 2.75) is 33.2 Å². The van der Waals surface area contributed by atoms with Gasteiger partial charge in [-0.2, -0.15) is 0 Å². The van der Waals surface area contributed by atoms with Crippen LogP contribution < -0.4 is 19.8 Å². The van der Waals surface area contributed by atoms with Crippen molar-refractivity contribution in [3.63, 3.8) is 0 Å². The first-order valence-electron chi connectivity index (χ1n) is 11.5. The lowest BCUT2D eigenvalue weighted by molar-refractivity contribution is -0.136. The van der Waals surface area contributed by atoms with Crippen LogP contribution in [0.15, 0.2) is 75.7 Å². The van der Waals surface area contributed by atoms with Crippen LogP contribution in [0.2, 0.25) is 0 Å². The number of rotatable bonds is 7. The third-order valence-electron chi connectivity index (χ3n) is 6.09. The van der Waals surface area contributed by atoms with E-state index in [1.807, 2.05) is 55.5 Å². The molecule has 1 atom stereocenters. The molecule has 4 rings (SSSR count). The number of allylic oxidation sites excluding steroid dienone is 1. The van der Waals surface area contributed by atoms with Crippen LogP contribution >= 0.6 is 11.3 Å². The maximum absolute atomic E-state index is 13.6. The zero-order chi connectivity index (χ0) is 24.2. The van der Waals surface area contributed by atoms with Crippen LogP contribution in [0.5, 0.6) is 0 Å². The number of ether oxygens (including phenoxy) is 1. The van der Waals surface area contributed by atoms with Crippen molar-refractivity contribution in [2.24, 2.45) is 4.99 Å². The minimum atomic E-state index is -0.577. The molecule has 176 valence electrons. The molecule has 0 unspecified atom stereocenters. The Labute approximate surface area is 203 Å². The highest BCUT2D eigenvalue weighted by Crippen LogP contribution is 2.31. The highest BCUT2D eigenvalue weighted by atomic mass is 32.1. The van der Waals surface area contributed by atoms with E-state index < -0.39 is 12.0 Å². The van der Waals surface area contributed by atoms with Crippen LogP contribution in [0.4, 0.5) is 5.69 Å². The van der Waals surface area contributed by atoms with E-state index in [1.165, 1.54) is 18.4 Å². The van der Waals surface area contributed by atoms with Gasteiger partial charge in [0.25, 0.3) is 5.56 Å². The molecular formula is C27H29N3O3S. The number of nitrogens with zero attached hydrogens (tertiary/aromatic N) is 3. The summed E-state index contributed by atoms with van der Waals surface area (Å²) >= 11 is 1.35. The van der Waals surface area contributed by atoms with Gasteiger partial charge < -0.3 is 9.64 Å². The predicted molar refractivity (Wildman–Crippen MR) is 137 cm³/mol. The Hall–Kier alpha value is -3.45. The molecule has 7 heteroatoms. The lowest BCUT2D eigenvalue weighted by atomic mass is 9.95. The zero-order valence-corrected chi connectivity index (χ0v) is 20.8. The second-order valence-electron chi connectivity index (χ2n) is 7.96. The summed E-state index contributed by atoms with van der Waals surface area (Å²) in [5.41, 5.74) is 3.85. The number of hydrogen-bond donors (Lipinski definition) is 0. The van der Waals surface area contributed by atoms with Crippen molar-refractivity contribution in [1.82, 2.24) is 4.57 Å². The first-order valence-corrected chi connectivity index (χ1v) is 12.4. The number of methoxy groups -OCH3 is 1. The van der Waals surface area contributed by atoms with Crippen LogP contribution in [0.25, 0.3) is 6.08 Å². The summed E-state index contributed by atoms with van der Waals surface area (Å²) in [5.74, 6) is -0.462. The molecule has 0 saturated heterocycles. The average molecular weight is 476 g/mol. The lowest BCUT2D eigenvalue weighted by Crippen LogP contribution is -2.40. The molecule has 0 N–H and O–H groups in total. The average Bonchev–Trinajstić information content (AvgIpc) is 3.19. The number of fused-ring (bicyclic) bond motifs is 1. The molecule has 0 radical (unpaired) electrons. The Kier molecular flexibility index (Phi) is 7.12. The Morgan fingerprint density at radius 1 is 1.09 bits per heavy atom. The number of hydrogen-bond acceptors (Lipinski definition) is 6. The smallest absolute Gasteiger partial charge is 0.338 e. The molecule has 0 fully saturated rings. The molecule has 0 bridgehead atoms. The van der Waals surface area contributed by atoms with Gasteiger partial charge in [0.05, 0.1) is 29.0 Å². The number of benzene rings is 2. The summed E-state index contributed by atoms with van der Waals surface area (Å²) in [5, 5.41) is 0. The highest BCUT2D eigenvalue weighted by molar-refractivity contribution is 7.07. The third kappa shape index (κ3) is 4.35. The highest BCUT2D eigenvalue weighted by Gasteiger charge is 2.33. The summed E-state index contributed by atoms with van der Waals surface area (Å²) in [4.78, 5) is 34.0.